The van der Waals surface area contributed by atoms with E-state index in [4.69, 9.17) is 0 Å². The standard InChI is InChI=1S/C21H25/c1-15(2)19-12-13-20(18-10-7-11-18)21(16(19)3)14-17-8-5-4-6-9-17/h4-6,8-9,12,15,18H,7,10-11,14H2,1-3H3. The van der Waals surface area contributed by atoms with Crippen LogP contribution in [0, 0.1) is 13.0 Å². The highest BCUT2D eigenvalue weighted by atomic mass is 14.3. The number of benzene rings is 2. The first-order valence-electron chi connectivity index (χ1n) is 8.24. The van der Waals surface area contributed by atoms with Gasteiger partial charge in [-0.05, 0) is 71.9 Å². The predicted molar refractivity (Wildman–Crippen MR) is 89.9 cm³/mol. The molecule has 109 valence electrons. The van der Waals surface area contributed by atoms with Gasteiger partial charge in [-0.15, -0.1) is 0 Å². The zero-order valence-electron chi connectivity index (χ0n) is 13.4. The Morgan fingerprint density at radius 2 is 1.86 bits per heavy atom. The van der Waals surface area contributed by atoms with Crippen molar-refractivity contribution in [2.45, 2.75) is 58.3 Å². The third kappa shape index (κ3) is 2.90. The van der Waals surface area contributed by atoms with Gasteiger partial charge >= 0.3 is 0 Å². The Hall–Kier alpha value is -1.56. The minimum Gasteiger partial charge on any atom is -0.0622 e. The maximum atomic E-state index is 3.65. The van der Waals surface area contributed by atoms with Gasteiger partial charge in [0.1, 0.15) is 0 Å². The fourth-order valence-electron chi connectivity index (χ4n) is 3.42. The molecule has 1 radical (unpaired) electrons. The zero-order chi connectivity index (χ0) is 14.8. The maximum Gasteiger partial charge on any atom is -0.00200 e. The lowest BCUT2D eigenvalue weighted by Crippen LogP contribution is -2.14. The quantitative estimate of drug-likeness (QED) is 0.665. The molecule has 0 amide bonds. The van der Waals surface area contributed by atoms with Gasteiger partial charge < -0.3 is 0 Å². The SMILES string of the molecule is Cc1c(C(C)C)c[c]c(C2CCC2)c1Cc1ccccc1. The van der Waals surface area contributed by atoms with Gasteiger partial charge in [-0.3, -0.25) is 0 Å². The number of rotatable bonds is 4. The molecule has 1 saturated carbocycles. The zero-order valence-corrected chi connectivity index (χ0v) is 13.4. The minimum atomic E-state index is 0.575. The van der Waals surface area contributed by atoms with Gasteiger partial charge in [-0.25, -0.2) is 0 Å². The highest BCUT2D eigenvalue weighted by Gasteiger charge is 2.24. The third-order valence-corrected chi connectivity index (χ3v) is 4.95. The van der Waals surface area contributed by atoms with E-state index in [1.165, 1.54) is 47.1 Å². The van der Waals surface area contributed by atoms with Crippen LogP contribution in [0.1, 0.15) is 72.8 Å². The second-order valence-corrected chi connectivity index (χ2v) is 6.71. The largest absolute Gasteiger partial charge is 0.0622 e. The van der Waals surface area contributed by atoms with Crippen molar-refractivity contribution in [1.29, 1.82) is 0 Å². The van der Waals surface area contributed by atoms with Crippen molar-refractivity contribution in [2.24, 2.45) is 0 Å². The number of hydrogen-bond donors (Lipinski definition) is 0. The van der Waals surface area contributed by atoms with Crippen LogP contribution < -0.4 is 0 Å². The summed E-state index contributed by atoms with van der Waals surface area (Å²) in [5.74, 6) is 1.33. The molecule has 0 N–H and O–H groups in total. The molecule has 0 heteroatoms. The van der Waals surface area contributed by atoms with E-state index >= 15 is 0 Å². The average molecular weight is 277 g/mol. The molecule has 3 rings (SSSR count). The van der Waals surface area contributed by atoms with E-state index in [1.54, 1.807) is 0 Å². The Labute approximate surface area is 129 Å². The van der Waals surface area contributed by atoms with Crippen LogP contribution in [0.2, 0.25) is 0 Å². The molecule has 0 nitrogen and oxygen atoms in total. The summed E-state index contributed by atoms with van der Waals surface area (Å²) in [6.45, 7) is 6.88. The second-order valence-electron chi connectivity index (χ2n) is 6.71. The molecule has 1 aliphatic carbocycles. The van der Waals surface area contributed by atoms with Crippen LogP contribution in [0.15, 0.2) is 36.4 Å². The van der Waals surface area contributed by atoms with E-state index in [1.807, 2.05) is 0 Å². The van der Waals surface area contributed by atoms with Crippen LogP contribution in [-0.2, 0) is 6.42 Å². The third-order valence-electron chi connectivity index (χ3n) is 4.95. The summed E-state index contributed by atoms with van der Waals surface area (Å²) >= 11 is 0. The molecule has 0 heterocycles. The molecule has 0 unspecified atom stereocenters. The van der Waals surface area contributed by atoms with Crippen molar-refractivity contribution in [1.82, 2.24) is 0 Å². The maximum absolute atomic E-state index is 3.65. The van der Waals surface area contributed by atoms with Crippen LogP contribution in [0.3, 0.4) is 0 Å². The van der Waals surface area contributed by atoms with Gasteiger partial charge in [0.25, 0.3) is 0 Å². The van der Waals surface area contributed by atoms with Crippen LogP contribution >= 0.6 is 0 Å². The first-order chi connectivity index (χ1) is 10.2. The molecule has 2 aromatic carbocycles. The van der Waals surface area contributed by atoms with E-state index in [2.05, 4.69) is 63.2 Å². The fourth-order valence-corrected chi connectivity index (χ4v) is 3.42. The molecule has 0 atom stereocenters. The Morgan fingerprint density at radius 1 is 1.14 bits per heavy atom. The van der Waals surface area contributed by atoms with Crippen molar-refractivity contribution in [2.75, 3.05) is 0 Å². The number of hydrogen-bond acceptors (Lipinski definition) is 0. The molecule has 1 fully saturated rings. The van der Waals surface area contributed by atoms with Gasteiger partial charge in [-0.2, -0.15) is 0 Å². The molecule has 1 aliphatic rings. The summed E-state index contributed by atoms with van der Waals surface area (Å²) in [5.41, 5.74) is 7.40. The molecule has 0 saturated heterocycles. The van der Waals surface area contributed by atoms with Crippen LogP contribution in [0.25, 0.3) is 0 Å². The smallest absolute Gasteiger partial charge is 0.00200 e. The normalized spacial score (nSPS) is 15.2. The van der Waals surface area contributed by atoms with Gasteiger partial charge in [0.2, 0.25) is 0 Å². The van der Waals surface area contributed by atoms with E-state index in [-0.39, 0.29) is 0 Å². The van der Waals surface area contributed by atoms with Crippen LogP contribution in [0.4, 0.5) is 0 Å². The Bertz CT molecular complexity index is 603. The Balaban J connectivity index is 2.03. The van der Waals surface area contributed by atoms with Crippen molar-refractivity contribution < 1.29 is 0 Å². The van der Waals surface area contributed by atoms with Crippen molar-refractivity contribution >= 4 is 0 Å². The molecular weight excluding hydrogens is 252 g/mol. The summed E-state index contributed by atoms with van der Waals surface area (Å²) in [4.78, 5) is 0. The molecule has 21 heavy (non-hydrogen) atoms. The van der Waals surface area contributed by atoms with Crippen LogP contribution in [0.5, 0.6) is 0 Å². The van der Waals surface area contributed by atoms with E-state index < -0.39 is 0 Å². The summed E-state index contributed by atoms with van der Waals surface area (Å²) in [5, 5.41) is 0. The monoisotopic (exact) mass is 277 g/mol. The van der Waals surface area contributed by atoms with Gasteiger partial charge in [0.15, 0.2) is 0 Å². The van der Waals surface area contributed by atoms with E-state index in [9.17, 15) is 0 Å². The molecule has 0 spiro atoms. The van der Waals surface area contributed by atoms with Crippen LogP contribution in [-0.4, -0.2) is 0 Å². The minimum absolute atomic E-state index is 0.575. The van der Waals surface area contributed by atoms with Crippen molar-refractivity contribution in [3.05, 3.63) is 70.3 Å². The first-order valence-corrected chi connectivity index (χ1v) is 8.24. The Morgan fingerprint density at radius 3 is 2.43 bits per heavy atom. The van der Waals surface area contributed by atoms with Crippen molar-refractivity contribution in [3.63, 3.8) is 0 Å². The molecule has 2 aromatic rings. The summed E-state index contributed by atoms with van der Waals surface area (Å²) in [6.07, 6.45) is 5.13. The van der Waals surface area contributed by atoms with Crippen molar-refractivity contribution in [3.8, 4) is 0 Å². The predicted octanol–water partition coefficient (Wildman–Crippen LogP) is 5.78. The molecule has 0 bridgehead atoms. The lowest BCUT2D eigenvalue weighted by Gasteiger charge is -2.30. The topological polar surface area (TPSA) is 0 Å². The van der Waals surface area contributed by atoms with E-state index in [0.717, 1.165) is 12.3 Å². The highest BCUT2D eigenvalue weighted by molar-refractivity contribution is 5.45. The second kappa shape index (κ2) is 6.05. The fraction of sp³-hybridized carbons (Fsp3) is 0.429. The Kier molecular flexibility index (Phi) is 4.14. The lowest BCUT2D eigenvalue weighted by molar-refractivity contribution is 0.417. The first kappa shape index (κ1) is 14.4. The molecular formula is C21H25. The highest BCUT2D eigenvalue weighted by Crippen LogP contribution is 2.40. The molecule has 0 aliphatic heterocycles. The summed E-state index contributed by atoms with van der Waals surface area (Å²) < 4.78 is 0. The summed E-state index contributed by atoms with van der Waals surface area (Å²) in [7, 11) is 0. The average Bonchev–Trinajstić information content (AvgIpc) is 2.41. The lowest BCUT2D eigenvalue weighted by atomic mass is 9.75. The van der Waals surface area contributed by atoms with E-state index in [0.29, 0.717) is 5.92 Å². The van der Waals surface area contributed by atoms with Gasteiger partial charge in [0.05, 0.1) is 0 Å². The molecule has 0 aromatic heterocycles. The summed E-state index contributed by atoms with van der Waals surface area (Å²) in [6, 6.07) is 16.8. The van der Waals surface area contributed by atoms with Gasteiger partial charge in [0, 0.05) is 0 Å². The van der Waals surface area contributed by atoms with Gasteiger partial charge in [-0.1, -0.05) is 56.7 Å².